The second-order valence-electron chi connectivity index (χ2n) is 5.71. The fourth-order valence-electron chi connectivity index (χ4n) is 2.47. The first-order valence-electron chi connectivity index (χ1n) is 8.09. The van der Waals surface area contributed by atoms with Gasteiger partial charge in [0, 0.05) is 18.9 Å². The van der Waals surface area contributed by atoms with Crippen molar-refractivity contribution in [2.24, 2.45) is 0 Å². The number of hydrogen-bond donors (Lipinski definition) is 0. The predicted octanol–water partition coefficient (Wildman–Crippen LogP) is 3.60. The third-order valence-electron chi connectivity index (χ3n) is 3.78. The molecule has 0 unspecified atom stereocenters. The van der Waals surface area contributed by atoms with Crippen molar-refractivity contribution in [3.05, 3.63) is 78.9 Å². The third-order valence-corrected chi connectivity index (χ3v) is 5.59. The minimum Gasteiger partial charge on any atom is -0.494 e. The van der Waals surface area contributed by atoms with Crippen LogP contribution in [0.25, 0.3) is 0 Å². The lowest BCUT2D eigenvalue weighted by Gasteiger charge is -2.08. The second-order valence-corrected chi connectivity index (χ2v) is 7.82. The van der Waals surface area contributed by atoms with Gasteiger partial charge in [-0.15, -0.1) is 12.4 Å². The molecule has 2 aromatic carbocycles. The van der Waals surface area contributed by atoms with E-state index in [0.717, 1.165) is 17.9 Å². The molecule has 7 heteroatoms. The summed E-state index contributed by atoms with van der Waals surface area (Å²) in [7, 11) is -3.24. The molecule has 1 heterocycles. The van der Waals surface area contributed by atoms with Gasteiger partial charge in [0.15, 0.2) is 9.84 Å². The van der Waals surface area contributed by atoms with E-state index in [9.17, 15) is 8.42 Å². The molecule has 0 radical (unpaired) electrons. The van der Waals surface area contributed by atoms with Crippen LogP contribution >= 0.6 is 12.4 Å². The maximum Gasteiger partial charge on any atom is 0.178 e. The molecule has 0 N–H and O–H groups in total. The number of sulfone groups is 1. The quantitative estimate of drug-likeness (QED) is 0.549. The maximum atomic E-state index is 12.2. The summed E-state index contributed by atoms with van der Waals surface area (Å²) in [5.74, 6) is 0.821. The lowest BCUT2D eigenvalue weighted by Crippen LogP contribution is -2.10. The molecule has 0 atom stereocenters. The molecule has 0 saturated carbocycles. The molecule has 0 fully saturated rings. The van der Waals surface area contributed by atoms with E-state index in [4.69, 9.17) is 4.74 Å². The normalized spacial score (nSPS) is 10.9. The Balaban J connectivity index is 0.00000243. The molecular weight excluding hydrogens is 372 g/mol. The van der Waals surface area contributed by atoms with E-state index >= 15 is 0 Å². The number of rotatable bonds is 8. The van der Waals surface area contributed by atoms with Gasteiger partial charge in [-0.2, -0.15) is 0 Å². The highest BCUT2D eigenvalue weighted by molar-refractivity contribution is 7.91. The summed E-state index contributed by atoms with van der Waals surface area (Å²) in [6.45, 7) is 1.13. The van der Waals surface area contributed by atoms with Crippen molar-refractivity contribution in [3.8, 4) is 5.75 Å². The molecule has 3 rings (SSSR count). The van der Waals surface area contributed by atoms with E-state index in [0.29, 0.717) is 17.9 Å². The number of hydrogen-bond acceptors (Lipinski definition) is 4. The Morgan fingerprint density at radius 2 is 1.73 bits per heavy atom. The van der Waals surface area contributed by atoms with E-state index in [1.807, 2.05) is 35.0 Å². The van der Waals surface area contributed by atoms with E-state index < -0.39 is 9.84 Å². The van der Waals surface area contributed by atoms with Crippen molar-refractivity contribution in [1.82, 2.24) is 9.55 Å². The van der Waals surface area contributed by atoms with Gasteiger partial charge in [0.05, 0.1) is 23.6 Å². The van der Waals surface area contributed by atoms with Crippen LogP contribution in [0.1, 0.15) is 12.0 Å². The molecule has 0 aliphatic carbocycles. The van der Waals surface area contributed by atoms with Gasteiger partial charge >= 0.3 is 0 Å². The molecule has 0 aliphatic heterocycles. The summed E-state index contributed by atoms with van der Waals surface area (Å²) in [5.41, 5.74) is 1.15. The molecule has 5 nitrogen and oxygen atoms in total. The van der Waals surface area contributed by atoms with E-state index in [1.54, 1.807) is 42.9 Å². The van der Waals surface area contributed by atoms with Gasteiger partial charge in [-0.3, -0.25) is 0 Å². The molecule has 0 bridgehead atoms. The fourth-order valence-corrected chi connectivity index (χ4v) is 3.77. The smallest absolute Gasteiger partial charge is 0.178 e. The maximum absolute atomic E-state index is 12.2. The molecule has 0 spiro atoms. The number of benzene rings is 2. The summed E-state index contributed by atoms with van der Waals surface area (Å²) in [6, 6.07) is 16.3. The number of aromatic nitrogens is 2. The van der Waals surface area contributed by atoms with Crippen LogP contribution in [0, 0.1) is 0 Å². The molecule has 0 amide bonds. The van der Waals surface area contributed by atoms with Crippen LogP contribution in [-0.4, -0.2) is 30.3 Å². The van der Waals surface area contributed by atoms with Crippen molar-refractivity contribution >= 4 is 22.2 Å². The Hall–Kier alpha value is -2.31. The molecule has 1 aromatic heterocycles. The second kappa shape index (κ2) is 9.40. The topological polar surface area (TPSA) is 61.2 Å². The zero-order valence-corrected chi connectivity index (χ0v) is 15.8. The van der Waals surface area contributed by atoms with Gasteiger partial charge < -0.3 is 9.30 Å². The molecule has 26 heavy (non-hydrogen) atoms. The molecule has 138 valence electrons. The van der Waals surface area contributed by atoms with Crippen molar-refractivity contribution in [1.29, 1.82) is 0 Å². The van der Waals surface area contributed by atoms with Crippen LogP contribution in [-0.2, 0) is 16.4 Å². The Morgan fingerprint density at radius 3 is 2.38 bits per heavy atom. The Morgan fingerprint density at radius 1 is 1.00 bits per heavy atom. The Kier molecular flexibility index (Phi) is 7.24. The molecule has 0 saturated heterocycles. The van der Waals surface area contributed by atoms with Crippen molar-refractivity contribution in [3.63, 3.8) is 0 Å². The summed E-state index contributed by atoms with van der Waals surface area (Å²) < 4.78 is 32.0. The lowest BCUT2D eigenvalue weighted by atomic mass is 10.2. The monoisotopic (exact) mass is 392 g/mol. The largest absolute Gasteiger partial charge is 0.494 e. The van der Waals surface area contributed by atoms with Gasteiger partial charge in [0.1, 0.15) is 5.75 Å². The van der Waals surface area contributed by atoms with Crippen LogP contribution in [0.15, 0.2) is 78.2 Å². The lowest BCUT2D eigenvalue weighted by molar-refractivity contribution is 0.317. The van der Waals surface area contributed by atoms with Gasteiger partial charge in [-0.05, 0) is 36.2 Å². The zero-order chi connectivity index (χ0) is 17.5. The van der Waals surface area contributed by atoms with Crippen molar-refractivity contribution in [2.45, 2.75) is 17.9 Å². The highest BCUT2D eigenvalue weighted by Crippen LogP contribution is 2.15. The molecule has 3 aromatic rings. The number of nitrogens with zero attached hydrogens (tertiary/aromatic N) is 2. The molecule has 0 aliphatic rings. The minimum absolute atomic E-state index is 0. The summed E-state index contributed by atoms with van der Waals surface area (Å²) in [5, 5.41) is 0. The first kappa shape index (κ1) is 20.0. The first-order valence-corrected chi connectivity index (χ1v) is 9.74. The predicted molar refractivity (Wildman–Crippen MR) is 104 cm³/mol. The van der Waals surface area contributed by atoms with E-state index in [2.05, 4.69) is 4.98 Å². The molecular formula is C19H21ClN2O3S. The van der Waals surface area contributed by atoms with Crippen LogP contribution in [0.5, 0.6) is 5.75 Å². The third kappa shape index (κ3) is 5.61. The standard InChI is InChI=1S/C19H20N2O3S.ClH/c22-25(23,19-5-2-1-3-6-19)14-4-13-24-18-9-7-17(8-10-18)15-21-12-11-20-16-21;/h1-3,5-12,16H,4,13-15H2;1H. The van der Waals surface area contributed by atoms with Crippen LogP contribution in [0.3, 0.4) is 0 Å². The minimum atomic E-state index is -3.24. The summed E-state index contributed by atoms with van der Waals surface area (Å²) >= 11 is 0. The number of ether oxygens (including phenoxy) is 1. The van der Waals surface area contributed by atoms with Gasteiger partial charge in [0.2, 0.25) is 0 Å². The number of halogens is 1. The highest BCUT2D eigenvalue weighted by atomic mass is 35.5. The van der Waals surface area contributed by atoms with Crippen molar-refractivity contribution < 1.29 is 13.2 Å². The van der Waals surface area contributed by atoms with Gasteiger partial charge in [-0.25, -0.2) is 13.4 Å². The van der Waals surface area contributed by atoms with Gasteiger partial charge in [-0.1, -0.05) is 30.3 Å². The first-order chi connectivity index (χ1) is 12.1. The summed E-state index contributed by atoms with van der Waals surface area (Å²) in [4.78, 5) is 4.38. The van der Waals surface area contributed by atoms with Gasteiger partial charge in [0.25, 0.3) is 0 Å². The van der Waals surface area contributed by atoms with Crippen LogP contribution in [0.4, 0.5) is 0 Å². The Bertz CT molecular complexity index is 880. The van der Waals surface area contributed by atoms with E-state index in [-0.39, 0.29) is 18.2 Å². The van der Waals surface area contributed by atoms with E-state index in [1.165, 1.54) is 0 Å². The van der Waals surface area contributed by atoms with Crippen LogP contribution < -0.4 is 4.74 Å². The van der Waals surface area contributed by atoms with Crippen LogP contribution in [0.2, 0.25) is 0 Å². The fraction of sp³-hybridized carbons (Fsp3) is 0.211. The van der Waals surface area contributed by atoms with Crippen molar-refractivity contribution in [2.75, 3.05) is 12.4 Å². The summed E-state index contributed by atoms with van der Waals surface area (Å²) in [6.07, 6.45) is 5.89. The average Bonchev–Trinajstić information content (AvgIpc) is 3.14. The Labute approximate surface area is 160 Å². The number of imidazole rings is 1. The zero-order valence-electron chi connectivity index (χ0n) is 14.2. The highest BCUT2D eigenvalue weighted by Gasteiger charge is 2.13. The average molecular weight is 393 g/mol. The SMILES string of the molecule is Cl.O=S(=O)(CCCOc1ccc(Cn2ccnc2)cc1)c1ccccc1.